The third-order valence-electron chi connectivity index (χ3n) is 3.19. The van der Waals surface area contributed by atoms with Crippen molar-refractivity contribution in [2.45, 2.75) is 19.1 Å². The van der Waals surface area contributed by atoms with Crippen molar-refractivity contribution in [3.05, 3.63) is 40.7 Å². The lowest BCUT2D eigenvalue weighted by Gasteiger charge is -2.32. The van der Waals surface area contributed by atoms with E-state index in [-0.39, 0.29) is 0 Å². The van der Waals surface area contributed by atoms with Crippen LogP contribution >= 0.6 is 11.3 Å². The lowest BCUT2D eigenvalue weighted by molar-refractivity contribution is -0.146. The molecule has 1 aliphatic rings. The second-order valence-corrected chi connectivity index (χ2v) is 5.73. The van der Waals surface area contributed by atoms with Gasteiger partial charge in [0, 0.05) is 11.1 Å². The van der Waals surface area contributed by atoms with Gasteiger partial charge in [-0.15, -0.1) is 11.3 Å². The van der Waals surface area contributed by atoms with E-state index in [1.54, 1.807) is 18.3 Å². The molecule has 3 rings (SSSR count). The number of amides is 2. The predicted molar refractivity (Wildman–Crippen MR) is 78.1 cm³/mol. The van der Waals surface area contributed by atoms with Crippen molar-refractivity contribution in [2.75, 3.05) is 5.32 Å². The number of pyridine rings is 1. The Hall–Kier alpha value is -2.41. The molecule has 2 N–H and O–H groups in total. The summed E-state index contributed by atoms with van der Waals surface area (Å²) in [4.78, 5) is 29.5. The molecule has 0 fully saturated rings. The third-order valence-corrected chi connectivity index (χ3v) is 4.06. The average molecular weight is 303 g/mol. The Balaban J connectivity index is 1.77. The fourth-order valence-electron chi connectivity index (χ4n) is 1.96. The number of fused-ring (bicyclic) bond motifs is 1. The molecule has 2 aromatic rings. The van der Waals surface area contributed by atoms with Gasteiger partial charge < -0.3 is 15.4 Å². The average Bonchev–Trinajstić information content (AvgIpc) is 2.99. The largest absolute Gasteiger partial charge is 0.464 e. The zero-order chi connectivity index (χ0) is 14.9. The zero-order valence-corrected chi connectivity index (χ0v) is 12.1. The molecule has 7 heteroatoms. The maximum atomic E-state index is 12.3. The summed E-state index contributed by atoms with van der Waals surface area (Å²) >= 11 is 1.53. The van der Waals surface area contributed by atoms with Crippen LogP contribution in [0.4, 0.5) is 5.82 Å². The molecule has 1 unspecified atom stereocenters. The number of carbonyl (C=O) groups is 2. The summed E-state index contributed by atoms with van der Waals surface area (Å²) in [6.45, 7) is 1.81. The number of thiophene rings is 1. The number of nitrogens with zero attached hydrogens (tertiary/aromatic N) is 1. The molecular weight excluding hydrogens is 290 g/mol. The zero-order valence-electron chi connectivity index (χ0n) is 11.3. The Labute approximate surface area is 125 Å². The normalized spacial score (nSPS) is 20.1. The molecule has 0 spiro atoms. The van der Waals surface area contributed by atoms with Crippen molar-refractivity contribution in [1.29, 1.82) is 0 Å². The molecule has 6 nitrogen and oxygen atoms in total. The first kappa shape index (κ1) is 13.6. The van der Waals surface area contributed by atoms with Crippen molar-refractivity contribution in [2.24, 2.45) is 0 Å². The topological polar surface area (TPSA) is 80.3 Å². The fourth-order valence-corrected chi connectivity index (χ4v) is 2.60. The number of ether oxygens (including phenoxy) is 1. The molecule has 0 aromatic carbocycles. The summed E-state index contributed by atoms with van der Waals surface area (Å²) < 4.78 is 5.58. The molecule has 3 heterocycles. The minimum Gasteiger partial charge on any atom is -0.464 e. The van der Waals surface area contributed by atoms with Gasteiger partial charge in [-0.2, -0.15) is 0 Å². The third kappa shape index (κ3) is 2.47. The number of aromatic nitrogens is 1. The number of carbonyl (C=O) groups excluding carboxylic acids is 2. The summed E-state index contributed by atoms with van der Waals surface area (Å²) in [5.41, 5.74) is -1.60. The van der Waals surface area contributed by atoms with Gasteiger partial charge in [0.05, 0.1) is 6.54 Å². The Morgan fingerprint density at radius 3 is 3.10 bits per heavy atom. The molecule has 1 aliphatic heterocycles. The molecule has 2 amide bonds. The van der Waals surface area contributed by atoms with Gasteiger partial charge in [-0.3, -0.25) is 9.59 Å². The van der Waals surface area contributed by atoms with E-state index in [9.17, 15) is 9.59 Å². The highest BCUT2D eigenvalue weighted by Crippen LogP contribution is 2.31. The second kappa shape index (κ2) is 5.17. The molecule has 0 aliphatic carbocycles. The predicted octanol–water partition coefficient (Wildman–Crippen LogP) is 1.55. The van der Waals surface area contributed by atoms with E-state index >= 15 is 0 Å². The van der Waals surface area contributed by atoms with E-state index in [0.29, 0.717) is 18.1 Å². The van der Waals surface area contributed by atoms with Crippen LogP contribution in [0.15, 0.2) is 35.8 Å². The van der Waals surface area contributed by atoms with Gasteiger partial charge in [0.2, 0.25) is 0 Å². The fraction of sp³-hybridized carbons (Fsp3) is 0.214. The molecule has 1 atom stereocenters. The molecule has 21 heavy (non-hydrogen) atoms. The van der Waals surface area contributed by atoms with Gasteiger partial charge in [0.25, 0.3) is 17.4 Å². The first-order chi connectivity index (χ1) is 10.1. The highest BCUT2D eigenvalue weighted by atomic mass is 32.1. The van der Waals surface area contributed by atoms with Crippen LogP contribution in [0.25, 0.3) is 0 Å². The van der Waals surface area contributed by atoms with Crippen molar-refractivity contribution in [3.8, 4) is 5.75 Å². The van der Waals surface area contributed by atoms with Crippen LogP contribution < -0.4 is 15.4 Å². The minimum absolute atomic E-state index is 0.325. The van der Waals surface area contributed by atoms with E-state index in [4.69, 9.17) is 4.74 Å². The van der Waals surface area contributed by atoms with E-state index < -0.39 is 17.4 Å². The maximum absolute atomic E-state index is 12.3. The van der Waals surface area contributed by atoms with Crippen LogP contribution in [0.3, 0.4) is 0 Å². The van der Waals surface area contributed by atoms with Gasteiger partial charge in [-0.25, -0.2) is 4.98 Å². The Kier molecular flexibility index (Phi) is 3.34. The first-order valence-corrected chi connectivity index (χ1v) is 7.24. The van der Waals surface area contributed by atoms with Gasteiger partial charge in [-0.05, 0) is 30.5 Å². The Morgan fingerprint density at radius 2 is 2.33 bits per heavy atom. The van der Waals surface area contributed by atoms with Gasteiger partial charge in [-0.1, -0.05) is 6.07 Å². The standard InChI is InChI=1S/C14H13N3O3S/c1-14(12(18)16-8-9-4-3-7-21-9)13(19)17-11-10(20-14)5-2-6-15-11/h2-7H,8H2,1H3,(H,16,18)(H,15,17,19). The minimum atomic E-state index is -1.60. The van der Waals surface area contributed by atoms with Crippen molar-refractivity contribution < 1.29 is 14.3 Å². The van der Waals surface area contributed by atoms with E-state index in [2.05, 4.69) is 15.6 Å². The summed E-state index contributed by atoms with van der Waals surface area (Å²) in [7, 11) is 0. The van der Waals surface area contributed by atoms with Crippen LogP contribution in [0, 0.1) is 0 Å². The Bertz CT molecular complexity index is 687. The van der Waals surface area contributed by atoms with Crippen LogP contribution in [-0.2, 0) is 16.1 Å². The summed E-state index contributed by atoms with van der Waals surface area (Å²) in [6, 6.07) is 7.15. The second-order valence-electron chi connectivity index (χ2n) is 4.70. The van der Waals surface area contributed by atoms with Crippen molar-refractivity contribution >= 4 is 29.0 Å². The number of nitrogens with one attached hydrogen (secondary N) is 2. The number of anilines is 1. The summed E-state index contributed by atoms with van der Waals surface area (Å²) in [5, 5.41) is 7.24. The molecule has 0 saturated heterocycles. The van der Waals surface area contributed by atoms with Crippen LogP contribution in [0.1, 0.15) is 11.8 Å². The lowest BCUT2D eigenvalue weighted by Crippen LogP contribution is -2.58. The maximum Gasteiger partial charge on any atom is 0.279 e. The van der Waals surface area contributed by atoms with Crippen LogP contribution in [0.2, 0.25) is 0 Å². The smallest absolute Gasteiger partial charge is 0.279 e. The molecule has 108 valence electrons. The monoisotopic (exact) mass is 303 g/mol. The molecule has 0 saturated carbocycles. The van der Waals surface area contributed by atoms with Gasteiger partial charge in [0.1, 0.15) is 0 Å². The highest BCUT2D eigenvalue weighted by Gasteiger charge is 2.47. The van der Waals surface area contributed by atoms with E-state index in [1.165, 1.54) is 18.3 Å². The van der Waals surface area contributed by atoms with Crippen molar-refractivity contribution in [3.63, 3.8) is 0 Å². The molecular formula is C14H13N3O3S. The van der Waals surface area contributed by atoms with Crippen LogP contribution in [0.5, 0.6) is 5.75 Å². The number of rotatable bonds is 3. The number of hydrogen-bond acceptors (Lipinski definition) is 5. The van der Waals surface area contributed by atoms with E-state index in [0.717, 1.165) is 4.88 Å². The molecule has 0 radical (unpaired) electrons. The van der Waals surface area contributed by atoms with Gasteiger partial charge in [0.15, 0.2) is 11.6 Å². The van der Waals surface area contributed by atoms with Crippen molar-refractivity contribution in [1.82, 2.24) is 10.3 Å². The Morgan fingerprint density at radius 1 is 1.48 bits per heavy atom. The summed E-state index contributed by atoms with van der Waals surface area (Å²) in [5.74, 6) is -0.308. The summed E-state index contributed by atoms with van der Waals surface area (Å²) in [6.07, 6.45) is 1.54. The van der Waals surface area contributed by atoms with Gasteiger partial charge >= 0.3 is 0 Å². The number of hydrogen-bond donors (Lipinski definition) is 2. The quantitative estimate of drug-likeness (QED) is 0.843. The van der Waals surface area contributed by atoms with Crippen LogP contribution in [-0.4, -0.2) is 22.4 Å². The highest BCUT2D eigenvalue weighted by molar-refractivity contribution is 7.09. The first-order valence-electron chi connectivity index (χ1n) is 6.36. The lowest BCUT2D eigenvalue weighted by atomic mass is 10.0. The van der Waals surface area contributed by atoms with E-state index in [1.807, 2.05) is 17.5 Å². The molecule has 2 aromatic heterocycles. The SMILES string of the molecule is CC1(C(=O)NCc2cccs2)Oc2cccnc2NC1=O. The molecule has 0 bridgehead atoms.